The molecule has 174 valence electrons. The molecule has 0 unspecified atom stereocenters. The SMILES string of the molecule is CN=C(NCCc1ccc(OC)c(OC)c1)NCc1ccc(C(=O)NCC(N)=O)cc1.I. The lowest BCUT2D eigenvalue weighted by Gasteiger charge is -2.13. The number of aliphatic imine (C=N–C) groups is 1. The number of carbonyl (C=O) groups is 2. The van der Waals surface area contributed by atoms with Crippen LogP contribution in [0.15, 0.2) is 47.5 Å². The van der Waals surface area contributed by atoms with E-state index >= 15 is 0 Å². The predicted octanol–water partition coefficient (Wildman–Crippen LogP) is 1.44. The molecule has 0 aliphatic carbocycles. The molecule has 0 fully saturated rings. The van der Waals surface area contributed by atoms with Gasteiger partial charge >= 0.3 is 0 Å². The van der Waals surface area contributed by atoms with Crippen molar-refractivity contribution in [3.8, 4) is 11.5 Å². The Morgan fingerprint density at radius 3 is 2.19 bits per heavy atom. The average Bonchev–Trinajstić information content (AvgIpc) is 2.79. The number of amides is 2. The zero-order valence-corrected chi connectivity index (χ0v) is 20.8. The molecule has 0 aromatic heterocycles. The van der Waals surface area contributed by atoms with Gasteiger partial charge in [0.25, 0.3) is 5.91 Å². The second-order valence-electron chi connectivity index (χ2n) is 6.64. The molecule has 5 N–H and O–H groups in total. The van der Waals surface area contributed by atoms with Crippen LogP contribution in [0, 0.1) is 0 Å². The molecule has 0 saturated carbocycles. The van der Waals surface area contributed by atoms with Gasteiger partial charge in [-0.3, -0.25) is 14.6 Å². The van der Waals surface area contributed by atoms with E-state index in [1.165, 1.54) is 0 Å². The Morgan fingerprint density at radius 1 is 0.938 bits per heavy atom. The summed E-state index contributed by atoms with van der Waals surface area (Å²) in [5, 5.41) is 8.96. The van der Waals surface area contributed by atoms with Crippen LogP contribution in [0.3, 0.4) is 0 Å². The van der Waals surface area contributed by atoms with Crippen molar-refractivity contribution in [2.75, 3.05) is 34.4 Å². The zero-order chi connectivity index (χ0) is 22.6. The zero-order valence-electron chi connectivity index (χ0n) is 18.4. The van der Waals surface area contributed by atoms with E-state index in [2.05, 4.69) is 20.9 Å². The van der Waals surface area contributed by atoms with Crippen LogP contribution >= 0.6 is 24.0 Å². The fourth-order valence-electron chi connectivity index (χ4n) is 2.81. The van der Waals surface area contributed by atoms with Gasteiger partial charge in [-0.05, 0) is 41.8 Å². The Bertz CT molecular complexity index is 919. The molecular formula is C22H30IN5O4. The molecule has 2 aromatic rings. The maximum absolute atomic E-state index is 11.9. The van der Waals surface area contributed by atoms with Crippen molar-refractivity contribution in [3.63, 3.8) is 0 Å². The van der Waals surface area contributed by atoms with Crippen LogP contribution in [0.2, 0.25) is 0 Å². The Hall–Kier alpha value is -3.02. The first kappa shape index (κ1) is 27.0. The van der Waals surface area contributed by atoms with Gasteiger partial charge in [0, 0.05) is 25.7 Å². The number of carbonyl (C=O) groups excluding carboxylic acids is 2. The van der Waals surface area contributed by atoms with Crippen molar-refractivity contribution in [1.82, 2.24) is 16.0 Å². The maximum atomic E-state index is 11.9. The highest BCUT2D eigenvalue weighted by molar-refractivity contribution is 14.0. The molecule has 0 bridgehead atoms. The van der Waals surface area contributed by atoms with Gasteiger partial charge < -0.3 is 31.2 Å². The highest BCUT2D eigenvalue weighted by Gasteiger charge is 2.07. The third kappa shape index (κ3) is 8.61. The topological polar surface area (TPSA) is 127 Å². The van der Waals surface area contributed by atoms with E-state index in [4.69, 9.17) is 15.2 Å². The first-order chi connectivity index (χ1) is 15.0. The number of methoxy groups -OCH3 is 2. The Morgan fingerprint density at radius 2 is 1.59 bits per heavy atom. The molecule has 0 atom stereocenters. The molecule has 2 amide bonds. The van der Waals surface area contributed by atoms with Crippen LogP contribution in [-0.2, 0) is 17.8 Å². The van der Waals surface area contributed by atoms with Gasteiger partial charge in [-0.1, -0.05) is 18.2 Å². The van der Waals surface area contributed by atoms with Crippen LogP contribution < -0.4 is 31.2 Å². The van der Waals surface area contributed by atoms with Crippen molar-refractivity contribution in [2.24, 2.45) is 10.7 Å². The second-order valence-corrected chi connectivity index (χ2v) is 6.64. The molecule has 2 rings (SSSR count). The normalized spacial score (nSPS) is 10.5. The number of hydrogen-bond acceptors (Lipinski definition) is 5. The van der Waals surface area contributed by atoms with E-state index in [0.717, 1.165) is 17.5 Å². The number of benzene rings is 2. The number of rotatable bonds is 10. The van der Waals surface area contributed by atoms with E-state index in [1.54, 1.807) is 33.4 Å². The van der Waals surface area contributed by atoms with Crippen LogP contribution in [0.25, 0.3) is 0 Å². The van der Waals surface area contributed by atoms with Gasteiger partial charge in [-0.2, -0.15) is 0 Å². The van der Waals surface area contributed by atoms with Gasteiger partial charge in [0.1, 0.15) is 0 Å². The molecule has 0 heterocycles. The summed E-state index contributed by atoms with van der Waals surface area (Å²) in [6.07, 6.45) is 0.788. The van der Waals surface area contributed by atoms with E-state index in [1.807, 2.05) is 30.3 Å². The summed E-state index contributed by atoms with van der Waals surface area (Å²) in [4.78, 5) is 26.9. The van der Waals surface area contributed by atoms with Crippen LogP contribution in [0.4, 0.5) is 0 Å². The second kappa shape index (κ2) is 14.1. The summed E-state index contributed by atoms with van der Waals surface area (Å²) in [6, 6.07) is 12.9. The van der Waals surface area contributed by atoms with E-state index in [-0.39, 0.29) is 36.4 Å². The van der Waals surface area contributed by atoms with Crippen molar-refractivity contribution in [3.05, 3.63) is 59.2 Å². The summed E-state index contributed by atoms with van der Waals surface area (Å²) in [7, 11) is 4.94. The summed E-state index contributed by atoms with van der Waals surface area (Å²) in [6.45, 7) is 1.04. The number of primary amides is 1. The highest BCUT2D eigenvalue weighted by atomic mass is 127. The molecule has 0 radical (unpaired) electrons. The number of ether oxygens (including phenoxy) is 2. The lowest BCUT2D eigenvalue weighted by atomic mass is 10.1. The summed E-state index contributed by atoms with van der Waals surface area (Å²) in [5.41, 5.74) is 7.58. The predicted molar refractivity (Wildman–Crippen MR) is 135 cm³/mol. The first-order valence-electron chi connectivity index (χ1n) is 9.77. The lowest BCUT2D eigenvalue weighted by Crippen LogP contribution is -2.37. The van der Waals surface area contributed by atoms with Gasteiger partial charge in [-0.25, -0.2) is 0 Å². The van der Waals surface area contributed by atoms with Crippen LogP contribution in [0.1, 0.15) is 21.5 Å². The van der Waals surface area contributed by atoms with E-state index in [0.29, 0.717) is 36.1 Å². The van der Waals surface area contributed by atoms with Crippen LogP contribution in [-0.4, -0.2) is 52.1 Å². The van der Waals surface area contributed by atoms with Crippen molar-refractivity contribution < 1.29 is 19.1 Å². The summed E-state index contributed by atoms with van der Waals surface area (Å²) in [5.74, 6) is 1.15. The minimum absolute atomic E-state index is 0. The van der Waals surface area contributed by atoms with Gasteiger partial charge in [0.2, 0.25) is 5.91 Å². The molecular weight excluding hydrogens is 525 g/mol. The third-order valence-corrected chi connectivity index (χ3v) is 4.48. The number of nitrogens with two attached hydrogens (primary N) is 1. The lowest BCUT2D eigenvalue weighted by molar-refractivity contribution is -0.117. The van der Waals surface area contributed by atoms with Crippen LogP contribution in [0.5, 0.6) is 11.5 Å². The van der Waals surface area contributed by atoms with Crippen molar-refractivity contribution >= 4 is 41.8 Å². The number of halogens is 1. The highest BCUT2D eigenvalue weighted by Crippen LogP contribution is 2.27. The quantitative estimate of drug-likeness (QED) is 0.200. The molecule has 0 saturated heterocycles. The smallest absolute Gasteiger partial charge is 0.251 e. The summed E-state index contributed by atoms with van der Waals surface area (Å²) < 4.78 is 10.6. The Labute approximate surface area is 205 Å². The monoisotopic (exact) mass is 555 g/mol. The number of hydrogen-bond donors (Lipinski definition) is 4. The van der Waals surface area contributed by atoms with E-state index < -0.39 is 5.91 Å². The molecule has 32 heavy (non-hydrogen) atoms. The Balaban J connectivity index is 0.00000512. The fraction of sp³-hybridized carbons (Fsp3) is 0.318. The molecule has 0 aliphatic heterocycles. The number of guanidine groups is 1. The molecule has 0 aliphatic rings. The molecule has 2 aromatic carbocycles. The number of nitrogens with one attached hydrogen (secondary N) is 3. The van der Waals surface area contributed by atoms with Gasteiger partial charge in [0.15, 0.2) is 17.5 Å². The van der Waals surface area contributed by atoms with Gasteiger partial charge in [-0.15, -0.1) is 24.0 Å². The van der Waals surface area contributed by atoms with E-state index in [9.17, 15) is 9.59 Å². The fourth-order valence-corrected chi connectivity index (χ4v) is 2.81. The Kier molecular flexibility index (Phi) is 11.9. The average molecular weight is 555 g/mol. The first-order valence-corrected chi connectivity index (χ1v) is 9.77. The minimum atomic E-state index is -0.584. The third-order valence-electron chi connectivity index (χ3n) is 4.48. The number of nitrogens with zero attached hydrogens (tertiary/aromatic N) is 1. The summed E-state index contributed by atoms with van der Waals surface area (Å²) >= 11 is 0. The van der Waals surface area contributed by atoms with Crippen molar-refractivity contribution in [2.45, 2.75) is 13.0 Å². The molecule has 10 heteroatoms. The largest absolute Gasteiger partial charge is 0.493 e. The van der Waals surface area contributed by atoms with Crippen molar-refractivity contribution in [1.29, 1.82) is 0 Å². The molecule has 0 spiro atoms. The molecule has 9 nitrogen and oxygen atoms in total. The van der Waals surface area contributed by atoms with Gasteiger partial charge in [0.05, 0.1) is 20.8 Å². The standard InChI is InChI=1S/C22H29N5O4.HI/c1-24-22(25-11-10-15-6-9-18(30-2)19(12-15)31-3)27-13-16-4-7-17(8-5-16)21(29)26-14-20(23)28;/h4-9,12H,10-11,13-14H2,1-3H3,(H2,23,28)(H,26,29)(H2,24,25,27);1H. The maximum Gasteiger partial charge on any atom is 0.251 e. The minimum Gasteiger partial charge on any atom is -0.493 e.